The number of aryl methyl sites for hydroxylation is 1. The molecule has 0 aliphatic carbocycles. The molecular weight excluding hydrogens is 266 g/mol. The van der Waals surface area contributed by atoms with Gasteiger partial charge in [-0.3, -0.25) is 9.59 Å². The summed E-state index contributed by atoms with van der Waals surface area (Å²) >= 11 is 0. The SMILES string of the molecule is CC(=O)c1cc(C(=O)NC(C)C2=CCN(C)CC2)n(C)c1. The molecule has 2 heterocycles. The van der Waals surface area contributed by atoms with Crippen molar-refractivity contribution < 1.29 is 9.59 Å². The van der Waals surface area contributed by atoms with Gasteiger partial charge >= 0.3 is 0 Å². The van der Waals surface area contributed by atoms with Crippen molar-refractivity contribution in [1.29, 1.82) is 0 Å². The van der Waals surface area contributed by atoms with Gasteiger partial charge in [-0.2, -0.15) is 0 Å². The summed E-state index contributed by atoms with van der Waals surface area (Å²) in [6.45, 7) is 5.45. The first kappa shape index (κ1) is 15.5. The van der Waals surface area contributed by atoms with Crippen LogP contribution in [0.3, 0.4) is 0 Å². The Kier molecular flexibility index (Phi) is 4.63. The number of carbonyl (C=O) groups excluding carboxylic acids is 2. The van der Waals surface area contributed by atoms with E-state index in [1.807, 2.05) is 6.92 Å². The highest BCUT2D eigenvalue weighted by molar-refractivity contribution is 5.99. The number of nitrogens with one attached hydrogen (secondary N) is 1. The second kappa shape index (κ2) is 6.26. The normalized spacial score (nSPS) is 17.2. The molecule has 5 heteroatoms. The number of aromatic nitrogens is 1. The fourth-order valence-corrected chi connectivity index (χ4v) is 2.53. The third kappa shape index (κ3) is 3.61. The molecule has 0 radical (unpaired) electrons. The Labute approximate surface area is 125 Å². The Morgan fingerprint density at radius 2 is 2.05 bits per heavy atom. The molecule has 2 rings (SSSR count). The third-order valence-corrected chi connectivity index (χ3v) is 4.00. The fourth-order valence-electron chi connectivity index (χ4n) is 2.53. The van der Waals surface area contributed by atoms with Gasteiger partial charge in [0.05, 0.1) is 0 Å². The quantitative estimate of drug-likeness (QED) is 0.677. The molecule has 21 heavy (non-hydrogen) atoms. The molecule has 0 bridgehead atoms. The van der Waals surface area contributed by atoms with Crippen molar-refractivity contribution in [2.24, 2.45) is 7.05 Å². The number of rotatable bonds is 4. The first-order valence-corrected chi connectivity index (χ1v) is 7.24. The van der Waals surface area contributed by atoms with Crippen LogP contribution in [0.25, 0.3) is 0 Å². The van der Waals surface area contributed by atoms with E-state index >= 15 is 0 Å². The van der Waals surface area contributed by atoms with E-state index in [9.17, 15) is 9.59 Å². The van der Waals surface area contributed by atoms with E-state index in [4.69, 9.17) is 0 Å². The van der Waals surface area contributed by atoms with Gasteiger partial charge in [0.2, 0.25) is 0 Å². The molecule has 1 N–H and O–H groups in total. The number of hydrogen-bond donors (Lipinski definition) is 1. The molecule has 0 fully saturated rings. The Hall–Kier alpha value is -1.88. The lowest BCUT2D eigenvalue weighted by Crippen LogP contribution is -2.37. The molecule has 1 atom stereocenters. The summed E-state index contributed by atoms with van der Waals surface area (Å²) in [5, 5.41) is 3.02. The van der Waals surface area contributed by atoms with Crippen LogP contribution >= 0.6 is 0 Å². The summed E-state index contributed by atoms with van der Waals surface area (Å²) in [6.07, 6.45) is 4.85. The highest BCUT2D eigenvalue weighted by atomic mass is 16.2. The maximum atomic E-state index is 12.3. The molecule has 0 saturated carbocycles. The summed E-state index contributed by atoms with van der Waals surface area (Å²) in [7, 11) is 3.87. The predicted octanol–water partition coefficient (Wildman–Crippen LogP) is 1.61. The number of likely N-dealkylation sites (N-methyl/N-ethyl adjacent to an activating group) is 1. The van der Waals surface area contributed by atoms with E-state index in [1.165, 1.54) is 12.5 Å². The zero-order chi connectivity index (χ0) is 15.6. The van der Waals surface area contributed by atoms with Crippen molar-refractivity contribution in [1.82, 2.24) is 14.8 Å². The van der Waals surface area contributed by atoms with Crippen molar-refractivity contribution in [3.8, 4) is 0 Å². The number of Topliss-reactive ketones (excluding diaryl/α,β-unsaturated/α-hetero) is 1. The van der Waals surface area contributed by atoms with Crippen LogP contribution < -0.4 is 5.32 Å². The van der Waals surface area contributed by atoms with Crippen molar-refractivity contribution >= 4 is 11.7 Å². The Morgan fingerprint density at radius 1 is 1.33 bits per heavy atom. The second-order valence-corrected chi connectivity index (χ2v) is 5.77. The minimum absolute atomic E-state index is 0.0156. The van der Waals surface area contributed by atoms with E-state index < -0.39 is 0 Å². The molecule has 1 amide bonds. The number of nitrogens with zero attached hydrogens (tertiary/aromatic N) is 2. The highest BCUT2D eigenvalue weighted by Gasteiger charge is 2.19. The third-order valence-electron chi connectivity index (χ3n) is 4.00. The number of carbonyl (C=O) groups is 2. The van der Waals surface area contributed by atoms with Gasteiger partial charge < -0.3 is 14.8 Å². The molecule has 1 unspecified atom stereocenters. The van der Waals surface area contributed by atoms with Gasteiger partial charge in [-0.1, -0.05) is 6.08 Å². The van der Waals surface area contributed by atoms with Crippen LogP contribution in [0.2, 0.25) is 0 Å². The Bertz CT molecular complexity index is 586. The van der Waals surface area contributed by atoms with Crippen molar-refractivity contribution in [2.45, 2.75) is 26.3 Å². The van der Waals surface area contributed by atoms with E-state index in [0.29, 0.717) is 11.3 Å². The van der Waals surface area contributed by atoms with Gasteiger partial charge in [0.25, 0.3) is 5.91 Å². The van der Waals surface area contributed by atoms with Gasteiger partial charge in [-0.15, -0.1) is 0 Å². The fraction of sp³-hybridized carbons (Fsp3) is 0.500. The zero-order valence-corrected chi connectivity index (χ0v) is 13.1. The number of hydrogen-bond acceptors (Lipinski definition) is 3. The number of amides is 1. The molecule has 1 aromatic rings. The van der Waals surface area contributed by atoms with Crippen LogP contribution in [0.1, 0.15) is 41.1 Å². The molecule has 0 aromatic carbocycles. The second-order valence-electron chi connectivity index (χ2n) is 5.77. The van der Waals surface area contributed by atoms with E-state index in [1.54, 1.807) is 23.9 Å². The first-order valence-electron chi connectivity index (χ1n) is 7.24. The first-order chi connectivity index (χ1) is 9.88. The average Bonchev–Trinajstić information content (AvgIpc) is 2.81. The smallest absolute Gasteiger partial charge is 0.268 e. The zero-order valence-electron chi connectivity index (χ0n) is 13.1. The summed E-state index contributed by atoms with van der Waals surface area (Å²) < 4.78 is 1.70. The van der Waals surface area contributed by atoms with Crippen LogP contribution in [-0.2, 0) is 7.05 Å². The summed E-state index contributed by atoms with van der Waals surface area (Å²) in [5.74, 6) is -0.173. The van der Waals surface area contributed by atoms with Gasteiger partial charge in [0.1, 0.15) is 5.69 Å². The topological polar surface area (TPSA) is 54.3 Å². The minimum Gasteiger partial charge on any atom is -0.346 e. The van der Waals surface area contributed by atoms with Crippen molar-refractivity contribution in [3.63, 3.8) is 0 Å². The lowest BCUT2D eigenvalue weighted by molar-refractivity contribution is 0.0935. The molecule has 114 valence electrons. The maximum absolute atomic E-state index is 12.3. The van der Waals surface area contributed by atoms with Crippen LogP contribution in [0.5, 0.6) is 0 Å². The molecule has 0 saturated heterocycles. The average molecular weight is 289 g/mol. The lowest BCUT2D eigenvalue weighted by Gasteiger charge is -2.26. The molecule has 0 spiro atoms. The monoisotopic (exact) mass is 289 g/mol. The lowest BCUT2D eigenvalue weighted by atomic mass is 10.0. The van der Waals surface area contributed by atoms with Gasteiger partial charge in [0, 0.05) is 37.9 Å². The van der Waals surface area contributed by atoms with Crippen LogP contribution in [0.4, 0.5) is 0 Å². The van der Waals surface area contributed by atoms with E-state index in [0.717, 1.165) is 19.5 Å². The molecule has 1 aliphatic rings. The summed E-state index contributed by atoms with van der Waals surface area (Å²) in [6, 6.07) is 1.66. The Balaban J connectivity index is 2.06. The van der Waals surface area contributed by atoms with Crippen molar-refractivity contribution in [2.75, 3.05) is 20.1 Å². The van der Waals surface area contributed by atoms with E-state index in [-0.39, 0.29) is 17.7 Å². The number of ketones is 1. The van der Waals surface area contributed by atoms with Crippen LogP contribution in [0, 0.1) is 0 Å². The molecule has 5 nitrogen and oxygen atoms in total. The maximum Gasteiger partial charge on any atom is 0.268 e. The standard InChI is InChI=1S/C16H23N3O2/c1-11(13-5-7-18(3)8-6-13)17-16(21)15-9-14(12(2)20)10-19(15)4/h5,9-11H,6-8H2,1-4H3,(H,17,21). The Morgan fingerprint density at radius 3 is 2.57 bits per heavy atom. The van der Waals surface area contributed by atoms with Crippen LogP contribution in [-0.4, -0.2) is 47.3 Å². The summed E-state index contributed by atoms with van der Waals surface area (Å²) in [4.78, 5) is 26.0. The largest absolute Gasteiger partial charge is 0.346 e. The van der Waals surface area contributed by atoms with Gasteiger partial charge in [-0.05, 0) is 39.0 Å². The van der Waals surface area contributed by atoms with Crippen LogP contribution in [0.15, 0.2) is 23.9 Å². The van der Waals surface area contributed by atoms with E-state index in [2.05, 4.69) is 23.3 Å². The van der Waals surface area contributed by atoms with Gasteiger partial charge in [-0.25, -0.2) is 0 Å². The highest BCUT2D eigenvalue weighted by Crippen LogP contribution is 2.14. The van der Waals surface area contributed by atoms with Gasteiger partial charge in [0.15, 0.2) is 5.78 Å². The predicted molar refractivity (Wildman–Crippen MR) is 82.5 cm³/mol. The summed E-state index contributed by atoms with van der Waals surface area (Å²) in [5.41, 5.74) is 2.34. The molecule has 1 aliphatic heterocycles. The molecule has 1 aromatic heterocycles. The van der Waals surface area contributed by atoms with Crippen molar-refractivity contribution in [3.05, 3.63) is 35.2 Å². The minimum atomic E-state index is -0.141. The molecular formula is C16H23N3O2.